The highest BCUT2D eigenvalue weighted by Crippen LogP contribution is 1.34. The Kier molecular flexibility index (Phi) is 6.86. The standard InChI is InChI=1S/CH5N3O.ClH/c2-1(5)4-3;/h3H2,(H3,2,4,5);1H/i1+1;. The zero-order valence-electron chi connectivity index (χ0n) is 2.97. The summed E-state index contributed by atoms with van der Waals surface area (Å²) in [6, 6.07) is -0.718. The summed E-state index contributed by atoms with van der Waals surface area (Å²) in [7, 11) is 0. The van der Waals surface area contributed by atoms with E-state index in [4.69, 9.17) is 0 Å². The first-order valence-corrected chi connectivity index (χ1v) is 1.03. The van der Waals surface area contributed by atoms with Crippen LogP contribution in [0.15, 0.2) is 0 Å². The van der Waals surface area contributed by atoms with Gasteiger partial charge in [0.25, 0.3) is 0 Å². The average Bonchev–Trinajstić information content (AvgIpc) is 1.38. The molecule has 0 spiro atoms. The van der Waals surface area contributed by atoms with Gasteiger partial charge in [0.05, 0.1) is 0 Å². The number of halogens is 1. The summed E-state index contributed by atoms with van der Waals surface area (Å²) in [5.41, 5.74) is 6.08. The summed E-state index contributed by atoms with van der Waals surface area (Å²) in [6.45, 7) is 0. The summed E-state index contributed by atoms with van der Waals surface area (Å²) in [5, 5.41) is 0. The molecule has 5 heteroatoms. The molecule has 6 heavy (non-hydrogen) atoms. The molecule has 0 fully saturated rings. The first kappa shape index (κ1) is 9.10. The summed E-state index contributed by atoms with van der Waals surface area (Å²) >= 11 is 0. The summed E-state index contributed by atoms with van der Waals surface area (Å²) < 4.78 is 0. The van der Waals surface area contributed by atoms with Gasteiger partial charge in [0.1, 0.15) is 0 Å². The van der Waals surface area contributed by atoms with Crippen molar-refractivity contribution in [3.63, 3.8) is 0 Å². The van der Waals surface area contributed by atoms with Crippen molar-refractivity contribution >= 4 is 18.4 Å². The first-order chi connectivity index (χ1) is 2.27. The molecule has 2 amide bonds. The Labute approximate surface area is 41.3 Å². The molecule has 0 saturated heterocycles. The van der Waals surface area contributed by atoms with Crippen LogP contribution in [-0.2, 0) is 0 Å². The molecular formula is CH6ClN3O. The number of nitrogens with one attached hydrogen (secondary N) is 1. The van der Waals surface area contributed by atoms with Crippen molar-refractivity contribution in [2.75, 3.05) is 0 Å². The van der Waals surface area contributed by atoms with Crippen LogP contribution in [0.4, 0.5) is 4.79 Å². The van der Waals surface area contributed by atoms with Crippen LogP contribution in [-0.4, -0.2) is 6.03 Å². The minimum atomic E-state index is -0.718. The smallest absolute Gasteiger partial charge is 0.326 e. The van der Waals surface area contributed by atoms with Gasteiger partial charge >= 0.3 is 6.03 Å². The second-order valence-corrected chi connectivity index (χ2v) is 0.509. The number of urea groups is 1. The van der Waals surface area contributed by atoms with Crippen molar-refractivity contribution in [3.05, 3.63) is 0 Å². The fourth-order valence-corrected chi connectivity index (χ4v) is 0. The van der Waals surface area contributed by atoms with Crippen molar-refractivity contribution in [3.8, 4) is 0 Å². The van der Waals surface area contributed by atoms with E-state index < -0.39 is 6.03 Å². The molecule has 0 bridgehead atoms. The highest BCUT2D eigenvalue weighted by Gasteiger charge is 1.73. The summed E-state index contributed by atoms with van der Waals surface area (Å²) in [5.74, 6) is 4.45. The number of hydrogen-bond donors (Lipinski definition) is 3. The molecule has 0 aliphatic rings. The molecule has 0 unspecified atom stereocenters. The Morgan fingerprint density at radius 3 is 1.83 bits per heavy atom. The number of primary amides is 1. The van der Waals surface area contributed by atoms with Crippen molar-refractivity contribution in [1.29, 1.82) is 0 Å². The maximum Gasteiger partial charge on any atom is 0.326 e. The van der Waals surface area contributed by atoms with Crippen molar-refractivity contribution in [1.82, 2.24) is 5.43 Å². The topological polar surface area (TPSA) is 81.1 Å². The normalized spacial score (nSPS) is 5.50. The van der Waals surface area contributed by atoms with Crippen LogP contribution in [0.1, 0.15) is 0 Å². The van der Waals surface area contributed by atoms with Crippen LogP contribution in [0.5, 0.6) is 0 Å². The molecule has 0 heterocycles. The van der Waals surface area contributed by atoms with E-state index in [0.29, 0.717) is 0 Å². The third-order valence-electron chi connectivity index (χ3n) is 0.142. The monoisotopic (exact) mass is 112 g/mol. The SMILES string of the molecule is Cl.NN[13C](N)=O. The van der Waals surface area contributed by atoms with E-state index in [0.717, 1.165) is 0 Å². The average molecular weight is 113 g/mol. The molecule has 0 aliphatic carbocycles. The van der Waals surface area contributed by atoms with Crippen LogP contribution in [0, 0.1) is 0 Å². The summed E-state index contributed by atoms with van der Waals surface area (Å²) in [6.07, 6.45) is 0. The number of rotatable bonds is 0. The van der Waals surface area contributed by atoms with Crippen molar-refractivity contribution in [2.24, 2.45) is 11.6 Å². The number of carbonyl (C=O) groups excluding carboxylic acids is 1. The van der Waals surface area contributed by atoms with Gasteiger partial charge in [0.15, 0.2) is 0 Å². The molecule has 4 nitrogen and oxygen atoms in total. The van der Waals surface area contributed by atoms with E-state index in [1.54, 1.807) is 5.43 Å². The molecule has 0 aliphatic heterocycles. The molecule has 5 N–H and O–H groups in total. The highest BCUT2D eigenvalue weighted by atomic mass is 35.5. The van der Waals surface area contributed by atoms with E-state index in [9.17, 15) is 4.79 Å². The molecule has 0 radical (unpaired) electrons. The van der Waals surface area contributed by atoms with Gasteiger partial charge in [-0.15, -0.1) is 12.4 Å². The van der Waals surface area contributed by atoms with E-state index in [1.807, 2.05) is 0 Å². The first-order valence-electron chi connectivity index (χ1n) is 1.03. The number of hydrogen-bond acceptors (Lipinski definition) is 2. The highest BCUT2D eigenvalue weighted by molar-refractivity contribution is 5.85. The number of hydrazine groups is 1. The lowest BCUT2D eigenvalue weighted by atomic mass is 11.8. The zero-order chi connectivity index (χ0) is 4.28. The lowest BCUT2D eigenvalue weighted by Gasteiger charge is -1.81. The Hall–Kier alpha value is -0.480. The fourth-order valence-electron chi connectivity index (χ4n) is 0. The molecule has 0 aromatic carbocycles. The molecule has 0 aromatic heterocycles. The lowest BCUT2D eigenvalue weighted by molar-refractivity contribution is 0.249. The van der Waals surface area contributed by atoms with Crippen LogP contribution in [0.25, 0.3) is 0 Å². The summed E-state index contributed by atoms with van der Waals surface area (Å²) in [4.78, 5) is 9.35. The Morgan fingerprint density at radius 2 is 1.83 bits per heavy atom. The van der Waals surface area contributed by atoms with Gasteiger partial charge in [-0.1, -0.05) is 0 Å². The van der Waals surface area contributed by atoms with Gasteiger partial charge in [0, 0.05) is 0 Å². The van der Waals surface area contributed by atoms with Gasteiger partial charge in [-0.3, -0.25) is 5.43 Å². The van der Waals surface area contributed by atoms with Gasteiger partial charge in [-0.05, 0) is 0 Å². The van der Waals surface area contributed by atoms with E-state index in [-0.39, 0.29) is 12.4 Å². The lowest BCUT2D eigenvalue weighted by Crippen LogP contribution is -2.34. The third kappa shape index (κ3) is 9.68. The number of nitrogens with two attached hydrogens (primary N) is 2. The van der Waals surface area contributed by atoms with Crippen molar-refractivity contribution in [2.45, 2.75) is 0 Å². The third-order valence-corrected chi connectivity index (χ3v) is 0.142. The van der Waals surface area contributed by atoms with Gasteiger partial charge < -0.3 is 5.73 Å². The predicted octanol–water partition coefficient (Wildman–Crippen LogP) is -1.05. The van der Waals surface area contributed by atoms with Gasteiger partial charge in [-0.2, -0.15) is 0 Å². The Balaban J connectivity index is 0. The van der Waals surface area contributed by atoms with Gasteiger partial charge in [-0.25, -0.2) is 10.6 Å². The van der Waals surface area contributed by atoms with Crippen LogP contribution >= 0.6 is 12.4 Å². The molecular weight excluding hydrogens is 106 g/mol. The van der Waals surface area contributed by atoms with E-state index in [1.165, 1.54) is 0 Å². The maximum atomic E-state index is 9.35. The second-order valence-electron chi connectivity index (χ2n) is 0.509. The molecule has 0 atom stereocenters. The largest absolute Gasteiger partial charge is 0.351 e. The molecule has 38 valence electrons. The molecule has 0 aromatic rings. The minimum absolute atomic E-state index is 0. The molecule has 0 saturated carbocycles. The maximum absolute atomic E-state index is 9.35. The predicted molar refractivity (Wildman–Crippen MR) is 24.2 cm³/mol. The van der Waals surface area contributed by atoms with Crippen LogP contribution < -0.4 is 17.0 Å². The number of carbonyl (C=O) groups is 1. The Bertz CT molecular complexity index is 46.1. The Morgan fingerprint density at radius 1 is 1.67 bits per heavy atom. The molecule has 0 rings (SSSR count). The quantitative estimate of drug-likeness (QED) is 0.162. The van der Waals surface area contributed by atoms with Gasteiger partial charge in [0.2, 0.25) is 0 Å². The van der Waals surface area contributed by atoms with Crippen molar-refractivity contribution < 1.29 is 4.79 Å². The second kappa shape index (κ2) is 4.52. The van der Waals surface area contributed by atoms with E-state index in [2.05, 4.69) is 11.6 Å². The minimum Gasteiger partial charge on any atom is -0.351 e. The van der Waals surface area contributed by atoms with Crippen LogP contribution in [0.2, 0.25) is 0 Å². The fraction of sp³-hybridized carbons (Fsp3) is 0. The number of amides is 2. The van der Waals surface area contributed by atoms with E-state index >= 15 is 0 Å². The zero-order valence-corrected chi connectivity index (χ0v) is 3.79. The van der Waals surface area contributed by atoms with Crippen LogP contribution in [0.3, 0.4) is 0 Å².